The van der Waals surface area contributed by atoms with E-state index in [4.69, 9.17) is 9.15 Å². The highest BCUT2D eigenvalue weighted by molar-refractivity contribution is 6.02. The molecule has 1 aromatic heterocycles. The Morgan fingerprint density at radius 3 is 2.81 bits per heavy atom. The third-order valence-electron chi connectivity index (χ3n) is 5.26. The number of amides is 2. The number of furan rings is 1. The molecule has 1 heterocycles. The fourth-order valence-corrected chi connectivity index (χ4v) is 3.45. The molecule has 3 unspecified atom stereocenters. The van der Waals surface area contributed by atoms with Crippen molar-refractivity contribution in [2.75, 3.05) is 11.9 Å². The van der Waals surface area contributed by atoms with Gasteiger partial charge in [-0.3, -0.25) is 9.59 Å². The Kier molecular flexibility index (Phi) is 6.16. The molecule has 0 saturated heterocycles. The van der Waals surface area contributed by atoms with Gasteiger partial charge in [-0.2, -0.15) is 0 Å². The molecule has 0 aliphatic heterocycles. The quantitative estimate of drug-likeness (QED) is 0.809. The van der Waals surface area contributed by atoms with E-state index in [1.807, 2.05) is 0 Å². The Bertz CT molecular complexity index is 772. The van der Waals surface area contributed by atoms with Gasteiger partial charge in [-0.25, -0.2) is 0 Å². The maximum atomic E-state index is 12.2. The van der Waals surface area contributed by atoms with Crippen LogP contribution in [-0.2, 0) is 4.79 Å². The minimum Gasteiger partial charge on any atom is -0.484 e. The van der Waals surface area contributed by atoms with Gasteiger partial charge in [0.1, 0.15) is 5.75 Å². The number of hydrogen-bond acceptors (Lipinski definition) is 4. The average Bonchev–Trinajstić information content (AvgIpc) is 3.19. The SMILES string of the molecule is CC1CCCC(NC(=O)COc2cccc(NC(=O)c3ccco3)c2)C1C. The van der Waals surface area contributed by atoms with Crippen molar-refractivity contribution in [3.63, 3.8) is 0 Å². The van der Waals surface area contributed by atoms with E-state index in [2.05, 4.69) is 24.5 Å². The summed E-state index contributed by atoms with van der Waals surface area (Å²) in [6.45, 7) is 4.38. The molecule has 3 atom stereocenters. The van der Waals surface area contributed by atoms with Crippen molar-refractivity contribution in [2.45, 2.75) is 39.2 Å². The lowest BCUT2D eigenvalue weighted by Gasteiger charge is -2.34. The van der Waals surface area contributed by atoms with Crippen molar-refractivity contribution in [2.24, 2.45) is 11.8 Å². The van der Waals surface area contributed by atoms with Crippen molar-refractivity contribution >= 4 is 17.5 Å². The summed E-state index contributed by atoms with van der Waals surface area (Å²) in [7, 11) is 0. The van der Waals surface area contributed by atoms with Gasteiger partial charge in [-0.05, 0) is 42.5 Å². The number of carbonyl (C=O) groups excluding carboxylic acids is 2. The number of rotatable bonds is 6. The Labute approximate surface area is 159 Å². The second kappa shape index (κ2) is 8.75. The molecule has 6 heteroatoms. The fourth-order valence-electron chi connectivity index (χ4n) is 3.45. The molecule has 1 aliphatic rings. The van der Waals surface area contributed by atoms with E-state index in [0.29, 0.717) is 23.3 Å². The van der Waals surface area contributed by atoms with Crippen molar-refractivity contribution in [3.05, 3.63) is 48.4 Å². The zero-order valence-electron chi connectivity index (χ0n) is 15.7. The highest BCUT2D eigenvalue weighted by Gasteiger charge is 2.28. The summed E-state index contributed by atoms with van der Waals surface area (Å²) in [6, 6.07) is 10.4. The van der Waals surface area contributed by atoms with Crippen LogP contribution in [-0.4, -0.2) is 24.5 Å². The summed E-state index contributed by atoms with van der Waals surface area (Å²) >= 11 is 0. The second-order valence-electron chi connectivity index (χ2n) is 7.19. The zero-order valence-corrected chi connectivity index (χ0v) is 15.7. The van der Waals surface area contributed by atoms with Gasteiger partial charge in [0.05, 0.1) is 6.26 Å². The van der Waals surface area contributed by atoms with Crippen molar-refractivity contribution < 1.29 is 18.7 Å². The summed E-state index contributed by atoms with van der Waals surface area (Å²) in [5.74, 6) is 1.40. The zero-order chi connectivity index (χ0) is 19.2. The van der Waals surface area contributed by atoms with Gasteiger partial charge in [0.25, 0.3) is 11.8 Å². The van der Waals surface area contributed by atoms with Gasteiger partial charge in [-0.15, -0.1) is 0 Å². The molecule has 144 valence electrons. The maximum Gasteiger partial charge on any atom is 0.291 e. The maximum absolute atomic E-state index is 12.2. The van der Waals surface area contributed by atoms with Gasteiger partial charge in [-0.1, -0.05) is 32.8 Å². The van der Waals surface area contributed by atoms with Gasteiger partial charge < -0.3 is 19.8 Å². The number of carbonyl (C=O) groups is 2. The molecule has 0 spiro atoms. The lowest BCUT2D eigenvalue weighted by molar-refractivity contribution is -0.124. The van der Waals surface area contributed by atoms with Crippen LogP contribution in [0.1, 0.15) is 43.7 Å². The first-order valence-electron chi connectivity index (χ1n) is 9.40. The minimum atomic E-state index is -0.338. The van der Waals surface area contributed by atoms with Crippen LogP contribution in [0.4, 0.5) is 5.69 Å². The van der Waals surface area contributed by atoms with Crippen LogP contribution < -0.4 is 15.4 Å². The van der Waals surface area contributed by atoms with E-state index in [9.17, 15) is 9.59 Å². The first-order chi connectivity index (χ1) is 13.0. The van der Waals surface area contributed by atoms with E-state index in [-0.39, 0.29) is 30.2 Å². The molecule has 6 nitrogen and oxygen atoms in total. The predicted molar refractivity (Wildman–Crippen MR) is 103 cm³/mol. The molecule has 2 amide bonds. The summed E-state index contributed by atoms with van der Waals surface area (Å²) < 4.78 is 10.7. The normalized spacial score (nSPS) is 22.1. The smallest absolute Gasteiger partial charge is 0.291 e. The first kappa shape index (κ1) is 19.0. The van der Waals surface area contributed by atoms with E-state index < -0.39 is 0 Å². The molecule has 1 saturated carbocycles. The molecular formula is C21H26N2O4. The van der Waals surface area contributed by atoms with Crippen LogP contribution in [0.5, 0.6) is 5.75 Å². The number of anilines is 1. The number of ether oxygens (including phenoxy) is 1. The first-order valence-corrected chi connectivity index (χ1v) is 9.40. The van der Waals surface area contributed by atoms with Crippen molar-refractivity contribution in [3.8, 4) is 5.75 Å². The van der Waals surface area contributed by atoms with E-state index >= 15 is 0 Å². The lowest BCUT2D eigenvalue weighted by Crippen LogP contribution is -2.45. The van der Waals surface area contributed by atoms with Crippen LogP contribution in [0.15, 0.2) is 47.1 Å². The Balaban J connectivity index is 1.50. The number of hydrogen-bond donors (Lipinski definition) is 2. The van der Waals surface area contributed by atoms with E-state index in [1.165, 1.54) is 12.7 Å². The van der Waals surface area contributed by atoms with E-state index in [0.717, 1.165) is 12.8 Å². The highest BCUT2D eigenvalue weighted by atomic mass is 16.5. The molecule has 1 aliphatic carbocycles. The Morgan fingerprint density at radius 1 is 1.19 bits per heavy atom. The van der Waals surface area contributed by atoms with Crippen molar-refractivity contribution in [1.82, 2.24) is 5.32 Å². The summed E-state index contributed by atoms with van der Waals surface area (Å²) in [4.78, 5) is 24.3. The van der Waals surface area contributed by atoms with Crippen LogP contribution in [0.25, 0.3) is 0 Å². The largest absolute Gasteiger partial charge is 0.484 e. The molecule has 27 heavy (non-hydrogen) atoms. The molecule has 2 N–H and O–H groups in total. The Morgan fingerprint density at radius 2 is 2.04 bits per heavy atom. The number of benzene rings is 1. The van der Waals surface area contributed by atoms with Gasteiger partial charge in [0.15, 0.2) is 12.4 Å². The standard InChI is InChI=1S/C21H26N2O4/c1-14-6-3-9-18(15(14)2)23-20(24)13-27-17-8-4-7-16(12-17)22-21(25)19-10-5-11-26-19/h4-5,7-8,10-12,14-15,18H,3,6,9,13H2,1-2H3,(H,22,25)(H,23,24). The van der Waals surface area contributed by atoms with Crippen LogP contribution >= 0.6 is 0 Å². The van der Waals surface area contributed by atoms with Gasteiger partial charge in [0, 0.05) is 17.8 Å². The lowest BCUT2D eigenvalue weighted by atomic mass is 9.78. The minimum absolute atomic E-state index is 0.0484. The predicted octanol–water partition coefficient (Wildman–Crippen LogP) is 3.85. The van der Waals surface area contributed by atoms with E-state index in [1.54, 1.807) is 36.4 Å². The summed E-state index contributed by atoms with van der Waals surface area (Å²) in [5, 5.41) is 5.82. The molecule has 1 aromatic carbocycles. The highest BCUT2D eigenvalue weighted by Crippen LogP contribution is 2.29. The van der Waals surface area contributed by atoms with Gasteiger partial charge in [0.2, 0.25) is 0 Å². The molecule has 3 rings (SSSR count). The Hall–Kier alpha value is -2.76. The monoisotopic (exact) mass is 370 g/mol. The summed E-state index contributed by atoms with van der Waals surface area (Å²) in [6.07, 6.45) is 4.84. The molecule has 2 aromatic rings. The number of nitrogens with one attached hydrogen (secondary N) is 2. The molecule has 0 bridgehead atoms. The van der Waals surface area contributed by atoms with Crippen molar-refractivity contribution in [1.29, 1.82) is 0 Å². The fraction of sp³-hybridized carbons (Fsp3) is 0.429. The molecular weight excluding hydrogens is 344 g/mol. The van der Waals surface area contributed by atoms with Crippen LogP contribution in [0.2, 0.25) is 0 Å². The van der Waals surface area contributed by atoms with Crippen LogP contribution in [0, 0.1) is 11.8 Å². The summed E-state index contributed by atoms with van der Waals surface area (Å²) in [5.41, 5.74) is 0.573. The van der Waals surface area contributed by atoms with Crippen LogP contribution in [0.3, 0.4) is 0 Å². The second-order valence-corrected chi connectivity index (χ2v) is 7.19. The van der Waals surface area contributed by atoms with Gasteiger partial charge >= 0.3 is 0 Å². The third kappa shape index (κ3) is 5.12. The molecule has 0 radical (unpaired) electrons. The molecule has 1 fully saturated rings. The topological polar surface area (TPSA) is 80.6 Å². The average molecular weight is 370 g/mol. The third-order valence-corrected chi connectivity index (χ3v) is 5.26.